The monoisotopic (exact) mass is 352 g/mol. The molecule has 0 unspecified atom stereocenters. The first-order chi connectivity index (χ1) is 9.66. The molecule has 0 aliphatic rings. The van der Waals surface area contributed by atoms with Crippen LogP contribution >= 0.6 is 11.3 Å². The Kier molecular flexibility index (Phi) is 4.29. The number of imidazole rings is 1. The first-order valence-electron chi connectivity index (χ1n) is 5.94. The summed E-state index contributed by atoms with van der Waals surface area (Å²) in [5, 5.41) is 4.50. The third-order valence-corrected chi connectivity index (χ3v) is 6.45. The fraction of sp³-hybridized carbons (Fsp3) is 0.500. The van der Waals surface area contributed by atoms with Crippen molar-refractivity contribution in [2.24, 2.45) is 0 Å². The van der Waals surface area contributed by atoms with Gasteiger partial charge in [0.1, 0.15) is 9.84 Å². The van der Waals surface area contributed by atoms with Gasteiger partial charge in [-0.2, -0.15) is 4.31 Å². The minimum absolute atomic E-state index is 0.0113. The fourth-order valence-corrected chi connectivity index (χ4v) is 4.64. The molecule has 1 N–H and O–H groups in total. The predicted octanol–water partition coefficient (Wildman–Crippen LogP) is 0.103. The summed E-state index contributed by atoms with van der Waals surface area (Å²) in [6.07, 6.45) is 2.69. The summed E-state index contributed by atoms with van der Waals surface area (Å²) in [4.78, 5) is 4.75. The lowest BCUT2D eigenvalue weighted by molar-refractivity contribution is 0.481. The number of hydrogen-bond donors (Lipinski definition) is 1. The largest absolute Gasteiger partial charge is 0.371 e. The number of sulfone groups is 1. The molecule has 0 atom stereocenters. The molecule has 0 spiro atoms. The van der Waals surface area contributed by atoms with Gasteiger partial charge in [0, 0.05) is 38.5 Å². The fourth-order valence-electron chi connectivity index (χ4n) is 1.74. The van der Waals surface area contributed by atoms with Gasteiger partial charge in [-0.3, -0.25) is 4.40 Å². The Morgan fingerprint density at radius 3 is 2.62 bits per heavy atom. The summed E-state index contributed by atoms with van der Waals surface area (Å²) in [5.74, 6) is 0.0106. The number of anilines is 1. The van der Waals surface area contributed by atoms with Crippen LogP contribution in [-0.4, -0.2) is 63.2 Å². The summed E-state index contributed by atoms with van der Waals surface area (Å²) in [5.41, 5.74) is 0. The third kappa shape index (κ3) is 3.20. The number of hydrogen-bond acceptors (Lipinski definition) is 7. The van der Waals surface area contributed by atoms with E-state index in [1.54, 1.807) is 18.6 Å². The van der Waals surface area contributed by atoms with E-state index in [9.17, 15) is 16.8 Å². The van der Waals surface area contributed by atoms with Crippen molar-refractivity contribution in [2.75, 3.05) is 38.0 Å². The molecule has 0 radical (unpaired) electrons. The zero-order valence-corrected chi connectivity index (χ0v) is 14.2. The zero-order valence-electron chi connectivity index (χ0n) is 11.8. The van der Waals surface area contributed by atoms with Gasteiger partial charge in [0.15, 0.2) is 15.8 Å². The van der Waals surface area contributed by atoms with Crippen LogP contribution in [0.15, 0.2) is 16.6 Å². The van der Waals surface area contributed by atoms with Crippen molar-refractivity contribution in [2.45, 2.75) is 5.03 Å². The Hall–Kier alpha value is -1.17. The Morgan fingerprint density at radius 1 is 1.38 bits per heavy atom. The first-order valence-corrected chi connectivity index (χ1v) is 10.3. The number of nitrogens with zero attached hydrogens (tertiary/aromatic N) is 3. The highest BCUT2D eigenvalue weighted by Crippen LogP contribution is 2.27. The SMILES string of the molecule is CNc1nc2sccn2c1S(=O)(=O)N(C)CCS(C)(=O)=O. The van der Waals surface area contributed by atoms with E-state index in [-0.39, 0.29) is 23.1 Å². The van der Waals surface area contributed by atoms with Gasteiger partial charge in [-0.25, -0.2) is 21.8 Å². The van der Waals surface area contributed by atoms with Gasteiger partial charge < -0.3 is 5.32 Å². The summed E-state index contributed by atoms with van der Waals surface area (Å²) >= 11 is 1.32. The van der Waals surface area contributed by atoms with Crippen LogP contribution in [0.2, 0.25) is 0 Å². The minimum Gasteiger partial charge on any atom is -0.371 e. The van der Waals surface area contributed by atoms with Crippen LogP contribution in [0.5, 0.6) is 0 Å². The van der Waals surface area contributed by atoms with Gasteiger partial charge in [-0.15, -0.1) is 11.3 Å². The lowest BCUT2D eigenvalue weighted by Crippen LogP contribution is -2.32. The number of nitrogens with one attached hydrogen (secondary N) is 1. The summed E-state index contributed by atoms with van der Waals surface area (Å²) in [6.45, 7) is -0.109. The highest BCUT2D eigenvalue weighted by Gasteiger charge is 2.29. The van der Waals surface area contributed by atoms with Crippen molar-refractivity contribution >= 4 is 42.0 Å². The number of aromatic nitrogens is 2. The lowest BCUT2D eigenvalue weighted by Gasteiger charge is -2.16. The molecule has 2 aromatic rings. The second-order valence-electron chi connectivity index (χ2n) is 4.53. The first kappa shape index (κ1) is 16.2. The molecule has 0 aliphatic carbocycles. The molecule has 118 valence electrons. The van der Waals surface area contributed by atoms with E-state index in [2.05, 4.69) is 10.3 Å². The van der Waals surface area contributed by atoms with Gasteiger partial charge >= 0.3 is 0 Å². The zero-order chi connectivity index (χ0) is 15.8. The van der Waals surface area contributed by atoms with Gasteiger partial charge in [0.05, 0.1) is 5.75 Å². The quantitative estimate of drug-likeness (QED) is 0.791. The molecule has 0 bridgehead atoms. The molecule has 0 aliphatic heterocycles. The molecule has 0 fully saturated rings. The summed E-state index contributed by atoms with van der Waals surface area (Å²) in [6, 6.07) is 0. The molecular weight excluding hydrogens is 336 g/mol. The molecule has 0 saturated carbocycles. The summed E-state index contributed by atoms with van der Waals surface area (Å²) < 4.78 is 50.2. The van der Waals surface area contributed by atoms with E-state index < -0.39 is 19.9 Å². The highest BCUT2D eigenvalue weighted by molar-refractivity contribution is 7.91. The Morgan fingerprint density at radius 2 is 2.05 bits per heavy atom. The van der Waals surface area contributed by atoms with Crippen LogP contribution in [0.25, 0.3) is 4.96 Å². The molecule has 8 nitrogen and oxygen atoms in total. The van der Waals surface area contributed by atoms with E-state index in [4.69, 9.17) is 0 Å². The molecule has 0 aromatic carbocycles. The standard InChI is InChI=1S/C10H16N4O4S3/c1-11-8-9(14-4-6-19-10(14)12-8)21(17,18)13(2)5-7-20(3,15)16/h4,6,11H,5,7H2,1-3H3. The van der Waals surface area contributed by atoms with Crippen molar-refractivity contribution in [3.63, 3.8) is 0 Å². The topological polar surface area (TPSA) is 101 Å². The lowest BCUT2D eigenvalue weighted by atomic mass is 10.7. The van der Waals surface area contributed by atoms with Crippen molar-refractivity contribution in [3.8, 4) is 0 Å². The van der Waals surface area contributed by atoms with Gasteiger partial charge in [-0.1, -0.05) is 0 Å². The van der Waals surface area contributed by atoms with Crippen LogP contribution in [0.1, 0.15) is 0 Å². The van der Waals surface area contributed by atoms with Crippen molar-refractivity contribution < 1.29 is 16.8 Å². The molecular formula is C10H16N4O4S3. The Balaban J connectivity index is 2.43. The molecule has 0 saturated heterocycles. The molecule has 11 heteroatoms. The second kappa shape index (κ2) is 5.55. The van der Waals surface area contributed by atoms with Crippen LogP contribution in [0, 0.1) is 0 Å². The van der Waals surface area contributed by atoms with E-state index >= 15 is 0 Å². The van der Waals surface area contributed by atoms with Crippen LogP contribution in [0.3, 0.4) is 0 Å². The van der Waals surface area contributed by atoms with Gasteiger partial charge in [0.2, 0.25) is 0 Å². The number of rotatable bonds is 6. The van der Waals surface area contributed by atoms with Gasteiger partial charge in [-0.05, 0) is 0 Å². The van der Waals surface area contributed by atoms with Crippen LogP contribution in [-0.2, 0) is 19.9 Å². The van der Waals surface area contributed by atoms with E-state index in [1.165, 1.54) is 22.8 Å². The predicted molar refractivity (Wildman–Crippen MR) is 82.1 cm³/mol. The van der Waals surface area contributed by atoms with Crippen LogP contribution < -0.4 is 5.32 Å². The van der Waals surface area contributed by atoms with Gasteiger partial charge in [0.25, 0.3) is 10.0 Å². The average Bonchev–Trinajstić information content (AvgIpc) is 2.93. The van der Waals surface area contributed by atoms with Crippen LogP contribution in [0.4, 0.5) is 5.82 Å². The summed E-state index contributed by atoms with van der Waals surface area (Å²) in [7, 11) is -4.14. The normalized spacial score (nSPS) is 13.1. The molecule has 2 aromatic heterocycles. The second-order valence-corrected chi connectivity index (χ2v) is 9.62. The minimum atomic E-state index is -3.84. The third-order valence-electron chi connectivity index (χ3n) is 2.89. The van der Waals surface area contributed by atoms with E-state index in [0.717, 1.165) is 10.6 Å². The average molecular weight is 352 g/mol. The van der Waals surface area contributed by atoms with Crippen molar-refractivity contribution in [3.05, 3.63) is 11.6 Å². The Labute approximate surface area is 127 Å². The maximum absolute atomic E-state index is 12.6. The molecule has 0 amide bonds. The van der Waals surface area contributed by atoms with Crippen molar-refractivity contribution in [1.29, 1.82) is 0 Å². The molecule has 21 heavy (non-hydrogen) atoms. The number of sulfonamides is 1. The maximum atomic E-state index is 12.6. The number of fused-ring (bicyclic) bond motifs is 1. The highest BCUT2D eigenvalue weighted by atomic mass is 32.2. The maximum Gasteiger partial charge on any atom is 0.262 e. The van der Waals surface area contributed by atoms with E-state index in [0.29, 0.717) is 4.96 Å². The Bertz CT molecular complexity index is 850. The molecule has 2 heterocycles. The number of thiazole rings is 1. The molecule has 2 rings (SSSR count). The smallest absolute Gasteiger partial charge is 0.262 e. The van der Waals surface area contributed by atoms with Crippen molar-refractivity contribution in [1.82, 2.24) is 13.7 Å². The van der Waals surface area contributed by atoms with E-state index in [1.807, 2.05) is 0 Å².